The fourth-order valence-electron chi connectivity index (χ4n) is 2.08. The van der Waals surface area contributed by atoms with Crippen LogP contribution in [0.4, 0.5) is 13.6 Å². The molecule has 23 heavy (non-hydrogen) atoms. The first-order valence-electron chi connectivity index (χ1n) is 7.38. The summed E-state index contributed by atoms with van der Waals surface area (Å²) < 4.78 is 31.7. The van der Waals surface area contributed by atoms with Gasteiger partial charge in [0.1, 0.15) is 17.2 Å². The van der Waals surface area contributed by atoms with E-state index in [1.165, 1.54) is 12.1 Å². The summed E-state index contributed by atoms with van der Waals surface area (Å²) in [5, 5.41) is 15.5. The van der Waals surface area contributed by atoms with Gasteiger partial charge in [-0.3, -0.25) is 0 Å². The van der Waals surface area contributed by atoms with Gasteiger partial charge < -0.3 is 20.5 Å². The van der Waals surface area contributed by atoms with Crippen LogP contribution in [-0.4, -0.2) is 42.5 Å². The van der Waals surface area contributed by atoms with E-state index in [9.17, 15) is 18.7 Å². The lowest BCUT2D eigenvalue weighted by atomic mass is 10.0. The number of halogens is 2. The molecule has 0 spiro atoms. The second-order valence-corrected chi connectivity index (χ2v) is 6.36. The molecule has 0 fully saturated rings. The Bertz CT molecular complexity index is 512. The fraction of sp³-hybridized carbons (Fsp3) is 0.562. The third kappa shape index (κ3) is 7.38. The third-order valence-electron chi connectivity index (χ3n) is 2.96. The van der Waals surface area contributed by atoms with E-state index >= 15 is 0 Å². The second kappa shape index (κ2) is 8.21. The number of aliphatic hydroxyl groups is 1. The first-order valence-corrected chi connectivity index (χ1v) is 7.38. The largest absolute Gasteiger partial charge is 0.444 e. The number of benzene rings is 1. The molecule has 0 radical (unpaired) electrons. The molecule has 0 saturated heterocycles. The molecule has 0 aliphatic carbocycles. The number of amides is 1. The molecule has 1 rings (SSSR count). The zero-order chi connectivity index (χ0) is 17.6. The van der Waals surface area contributed by atoms with E-state index in [1.807, 2.05) is 0 Å². The summed E-state index contributed by atoms with van der Waals surface area (Å²) in [6.45, 7) is 5.35. The van der Waals surface area contributed by atoms with Crippen LogP contribution in [0.1, 0.15) is 26.3 Å². The average Bonchev–Trinajstić information content (AvgIpc) is 2.34. The first kappa shape index (κ1) is 19.3. The molecule has 0 aromatic heterocycles. The van der Waals surface area contributed by atoms with Crippen molar-refractivity contribution in [3.63, 3.8) is 0 Å². The molecule has 0 bridgehead atoms. The number of rotatable bonds is 6. The quantitative estimate of drug-likeness (QED) is 0.746. The highest BCUT2D eigenvalue weighted by Gasteiger charge is 2.25. The van der Waals surface area contributed by atoms with Crippen LogP contribution < -0.4 is 10.6 Å². The minimum Gasteiger partial charge on any atom is -0.444 e. The molecular weight excluding hydrogens is 306 g/mol. The number of ether oxygens (including phenoxy) is 1. The van der Waals surface area contributed by atoms with Crippen LogP contribution in [0, 0.1) is 11.6 Å². The Hall–Kier alpha value is -1.73. The molecule has 2 atom stereocenters. The van der Waals surface area contributed by atoms with Gasteiger partial charge in [-0.05, 0) is 51.9 Å². The Balaban J connectivity index is 2.85. The van der Waals surface area contributed by atoms with Gasteiger partial charge in [0.05, 0.1) is 12.1 Å². The highest BCUT2D eigenvalue weighted by atomic mass is 19.1. The summed E-state index contributed by atoms with van der Waals surface area (Å²) in [5.74, 6) is -1.42. The number of aliphatic hydroxyl groups excluding tert-OH is 1. The Labute approximate surface area is 135 Å². The van der Waals surface area contributed by atoms with E-state index < -0.39 is 35.5 Å². The van der Waals surface area contributed by atoms with Gasteiger partial charge >= 0.3 is 6.09 Å². The lowest BCUT2D eigenvalue weighted by Crippen LogP contribution is -2.49. The van der Waals surface area contributed by atoms with Crippen molar-refractivity contribution >= 4 is 6.09 Å². The first-order chi connectivity index (χ1) is 10.6. The van der Waals surface area contributed by atoms with E-state index in [4.69, 9.17) is 4.74 Å². The van der Waals surface area contributed by atoms with E-state index in [1.54, 1.807) is 27.8 Å². The summed E-state index contributed by atoms with van der Waals surface area (Å²) in [7, 11) is 1.65. The van der Waals surface area contributed by atoms with Gasteiger partial charge in [-0.15, -0.1) is 0 Å². The molecule has 5 nitrogen and oxygen atoms in total. The summed E-state index contributed by atoms with van der Waals surface area (Å²) in [6, 6.07) is 2.35. The zero-order valence-corrected chi connectivity index (χ0v) is 13.8. The maximum atomic E-state index is 13.3. The molecule has 0 aliphatic heterocycles. The van der Waals surface area contributed by atoms with Gasteiger partial charge in [-0.1, -0.05) is 0 Å². The zero-order valence-electron chi connectivity index (χ0n) is 13.8. The maximum absolute atomic E-state index is 13.3. The van der Waals surface area contributed by atoms with E-state index in [0.29, 0.717) is 5.56 Å². The predicted octanol–water partition coefficient (Wildman–Crippen LogP) is 1.98. The van der Waals surface area contributed by atoms with Crippen LogP contribution in [-0.2, 0) is 11.2 Å². The fourth-order valence-corrected chi connectivity index (χ4v) is 2.08. The maximum Gasteiger partial charge on any atom is 0.407 e. The lowest BCUT2D eigenvalue weighted by Gasteiger charge is -2.26. The topological polar surface area (TPSA) is 70.6 Å². The van der Waals surface area contributed by atoms with Crippen molar-refractivity contribution in [2.45, 2.75) is 44.9 Å². The summed E-state index contributed by atoms with van der Waals surface area (Å²) >= 11 is 0. The van der Waals surface area contributed by atoms with Crippen molar-refractivity contribution in [2.24, 2.45) is 0 Å². The Morgan fingerprint density at radius 3 is 2.30 bits per heavy atom. The van der Waals surface area contributed by atoms with Gasteiger partial charge in [0.15, 0.2) is 0 Å². The lowest BCUT2D eigenvalue weighted by molar-refractivity contribution is 0.0424. The summed E-state index contributed by atoms with van der Waals surface area (Å²) in [5.41, 5.74) is -0.355. The number of carbonyl (C=O) groups is 1. The summed E-state index contributed by atoms with van der Waals surface area (Å²) in [4.78, 5) is 11.9. The van der Waals surface area contributed by atoms with Gasteiger partial charge in [0, 0.05) is 12.6 Å². The molecule has 3 N–H and O–H groups in total. The van der Waals surface area contributed by atoms with Crippen LogP contribution in [0.2, 0.25) is 0 Å². The molecule has 1 aromatic rings. The Morgan fingerprint density at radius 2 is 1.83 bits per heavy atom. The predicted molar refractivity (Wildman–Crippen MR) is 83.2 cm³/mol. The van der Waals surface area contributed by atoms with Gasteiger partial charge in [0.25, 0.3) is 0 Å². The van der Waals surface area contributed by atoms with Gasteiger partial charge in [-0.2, -0.15) is 0 Å². The van der Waals surface area contributed by atoms with Gasteiger partial charge in [0.2, 0.25) is 0 Å². The highest BCUT2D eigenvalue weighted by molar-refractivity contribution is 5.68. The molecule has 130 valence electrons. The van der Waals surface area contributed by atoms with Crippen LogP contribution in [0.5, 0.6) is 0 Å². The van der Waals surface area contributed by atoms with Crippen molar-refractivity contribution in [2.75, 3.05) is 13.6 Å². The standard InChI is InChI=1S/C16H24F2N2O3/c1-16(2,3)23-15(22)20-13(14(21)9-19-4)7-10-5-11(17)8-12(18)6-10/h5-6,8,13-14,19,21H,7,9H2,1-4H3,(H,20,22)/t13?,14-/m1/s1. The number of hydrogen-bond donors (Lipinski definition) is 3. The van der Waals surface area contributed by atoms with Crippen molar-refractivity contribution in [1.29, 1.82) is 0 Å². The van der Waals surface area contributed by atoms with Crippen LogP contribution in [0.25, 0.3) is 0 Å². The normalized spacial score (nSPS) is 14.2. The Kier molecular flexibility index (Phi) is 6.90. The molecule has 0 saturated carbocycles. The van der Waals surface area contributed by atoms with Crippen LogP contribution >= 0.6 is 0 Å². The molecular formula is C16H24F2N2O3. The minimum absolute atomic E-state index is 0.0662. The number of likely N-dealkylation sites (N-methyl/N-ethyl adjacent to an activating group) is 1. The minimum atomic E-state index is -0.946. The van der Waals surface area contributed by atoms with Crippen LogP contribution in [0.15, 0.2) is 18.2 Å². The molecule has 1 amide bonds. The van der Waals surface area contributed by atoms with Crippen molar-refractivity contribution in [3.8, 4) is 0 Å². The number of nitrogens with one attached hydrogen (secondary N) is 2. The molecule has 0 heterocycles. The van der Waals surface area contributed by atoms with Crippen molar-refractivity contribution < 1.29 is 23.4 Å². The van der Waals surface area contributed by atoms with Crippen molar-refractivity contribution in [3.05, 3.63) is 35.4 Å². The number of hydrogen-bond acceptors (Lipinski definition) is 4. The van der Waals surface area contributed by atoms with E-state index in [0.717, 1.165) is 6.07 Å². The van der Waals surface area contributed by atoms with E-state index in [-0.39, 0.29) is 13.0 Å². The summed E-state index contributed by atoms with van der Waals surface area (Å²) in [6.07, 6.45) is -1.58. The molecule has 1 aromatic carbocycles. The average molecular weight is 330 g/mol. The molecule has 0 aliphatic rings. The van der Waals surface area contributed by atoms with Crippen molar-refractivity contribution in [1.82, 2.24) is 10.6 Å². The number of alkyl carbamates (subject to hydrolysis) is 1. The van der Waals surface area contributed by atoms with E-state index in [2.05, 4.69) is 10.6 Å². The van der Waals surface area contributed by atoms with Gasteiger partial charge in [-0.25, -0.2) is 13.6 Å². The Morgan fingerprint density at radius 1 is 1.26 bits per heavy atom. The monoisotopic (exact) mass is 330 g/mol. The smallest absolute Gasteiger partial charge is 0.407 e. The van der Waals surface area contributed by atoms with Crippen LogP contribution in [0.3, 0.4) is 0 Å². The SMILES string of the molecule is CNC[C@@H](O)C(Cc1cc(F)cc(F)c1)NC(=O)OC(C)(C)C. The highest BCUT2D eigenvalue weighted by Crippen LogP contribution is 2.13. The molecule has 1 unspecified atom stereocenters. The molecule has 7 heteroatoms. The second-order valence-electron chi connectivity index (χ2n) is 6.36. The third-order valence-corrected chi connectivity index (χ3v) is 2.96. The number of carbonyl (C=O) groups excluding carboxylic acids is 1.